The molecule has 0 aromatic carbocycles. The fourth-order valence-corrected chi connectivity index (χ4v) is 1.75. The molecule has 0 amide bonds. The van der Waals surface area contributed by atoms with Gasteiger partial charge in [0.25, 0.3) is 0 Å². The van der Waals surface area contributed by atoms with Crippen LogP contribution in [0.3, 0.4) is 0 Å². The van der Waals surface area contributed by atoms with E-state index in [1.54, 1.807) is 0 Å². The molecule has 2 N–H and O–H groups in total. The van der Waals surface area contributed by atoms with Crippen molar-refractivity contribution in [3.8, 4) is 0 Å². The van der Waals surface area contributed by atoms with Gasteiger partial charge in [-0.25, -0.2) is 0 Å². The van der Waals surface area contributed by atoms with Crippen LogP contribution < -0.4 is 5.32 Å². The van der Waals surface area contributed by atoms with E-state index in [1.807, 2.05) is 7.05 Å². The summed E-state index contributed by atoms with van der Waals surface area (Å²) in [5, 5.41) is 12.7. The SMILES string of the molecule is CN[C@@]1(O)CCC[C@@H](C)C1. The van der Waals surface area contributed by atoms with Crippen molar-refractivity contribution in [3.63, 3.8) is 0 Å². The molecule has 0 saturated heterocycles. The number of nitrogens with one attached hydrogen (secondary N) is 1. The molecule has 1 fully saturated rings. The van der Waals surface area contributed by atoms with Crippen molar-refractivity contribution in [1.29, 1.82) is 0 Å². The van der Waals surface area contributed by atoms with Crippen molar-refractivity contribution in [2.45, 2.75) is 38.3 Å². The quantitative estimate of drug-likeness (QED) is 0.539. The third kappa shape index (κ3) is 1.70. The highest BCUT2D eigenvalue weighted by Crippen LogP contribution is 2.29. The molecule has 2 atom stereocenters. The molecule has 1 saturated carbocycles. The first-order valence-corrected chi connectivity index (χ1v) is 4.07. The zero-order chi connectivity index (χ0) is 7.61. The van der Waals surface area contributed by atoms with Crippen LogP contribution in [0, 0.1) is 5.92 Å². The van der Waals surface area contributed by atoms with Crippen LogP contribution in [0.15, 0.2) is 0 Å². The predicted molar refractivity (Wildman–Crippen MR) is 41.6 cm³/mol. The molecule has 0 radical (unpaired) electrons. The number of hydrogen-bond acceptors (Lipinski definition) is 2. The van der Waals surface area contributed by atoms with Crippen molar-refractivity contribution in [1.82, 2.24) is 5.32 Å². The lowest BCUT2D eigenvalue weighted by atomic mass is 9.84. The van der Waals surface area contributed by atoms with Gasteiger partial charge in [-0.1, -0.05) is 13.3 Å². The minimum Gasteiger partial charge on any atom is -0.376 e. The van der Waals surface area contributed by atoms with E-state index in [9.17, 15) is 5.11 Å². The van der Waals surface area contributed by atoms with E-state index in [2.05, 4.69) is 12.2 Å². The fraction of sp³-hybridized carbons (Fsp3) is 1.00. The van der Waals surface area contributed by atoms with Crippen molar-refractivity contribution in [3.05, 3.63) is 0 Å². The van der Waals surface area contributed by atoms with Gasteiger partial charge in [-0.2, -0.15) is 0 Å². The molecule has 1 aliphatic carbocycles. The summed E-state index contributed by atoms with van der Waals surface area (Å²) in [5.41, 5.74) is -0.558. The van der Waals surface area contributed by atoms with Gasteiger partial charge in [-0.3, -0.25) is 5.32 Å². The smallest absolute Gasteiger partial charge is 0.116 e. The van der Waals surface area contributed by atoms with Gasteiger partial charge in [0.2, 0.25) is 0 Å². The average molecular weight is 143 g/mol. The molecule has 2 heteroatoms. The average Bonchev–Trinajstić information content (AvgIpc) is 1.88. The zero-order valence-corrected chi connectivity index (χ0v) is 6.85. The van der Waals surface area contributed by atoms with E-state index < -0.39 is 5.72 Å². The Morgan fingerprint density at radius 1 is 1.60 bits per heavy atom. The highest BCUT2D eigenvalue weighted by molar-refractivity contribution is 4.81. The van der Waals surface area contributed by atoms with Gasteiger partial charge < -0.3 is 5.11 Å². The molecule has 1 rings (SSSR count). The second-order valence-electron chi connectivity index (χ2n) is 3.48. The van der Waals surface area contributed by atoms with E-state index in [1.165, 1.54) is 6.42 Å². The Kier molecular flexibility index (Phi) is 2.32. The Labute approximate surface area is 62.6 Å². The van der Waals surface area contributed by atoms with Gasteiger partial charge in [0.05, 0.1) is 0 Å². The van der Waals surface area contributed by atoms with E-state index in [4.69, 9.17) is 0 Å². The van der Waals surface area contributed by atoms with E-state index in [0.717, 1.165) is 19.3 Å². The lowest BCUT2D eigenvalue weighted by Crippen LogP contribution is -2.46. The molecule has 0 unspecified atom stereocenters. The van der Waals surface area contributed by atoms with Crippen molar-refractivity contribution >= 4 is 0 Å². The highest BCUT2D eigenvalue weighted by atomic mass is 16.3. The largest absolute Gasteiger partial charge is 0.376 e. The van der Waals surface area contributed by atoms with Crippen LogP contribution in [0.4, 0.5) is 0 Å². The Morgan fingerprint density at radius 2 is 2.30 bits per heavy atom. The maximum atomic E-state index is 9.74. The van der Waals surface area contributed by atoms with E-state index >= 15 is 0 Å². The summed E-state index contributed by atoms with van der Waals surface area (Å²) in [6.45, 7) is 2.20. The third-order valence-electron chi connectivity index (χ3n) is 2.44. The monoisotopic (exact) mass is 143 g/mol. The van der Waals surface area contributed by atoms with Crippen molar-refractivity contribution in [2.75, 3.05) is 7.05 Å². The van der Waals surface area contributed by atoms with Gasteiger partial charge in [-0.15, -0.1) is 0 Å². The minimum atomic E-state index is -0.558. The van der Waals surface area contributed by atoms with Gasteiger partial charge in [-0.05, 0) is 32.2 Å². The van der Waals surface area contributed by atoms with Gasteiger partial charge in [0.1, 0.15) is 5.72 Å². The normalized spacial score (nSPS) is 41.7. The van der Waals surface area contributed by atoms with Crippen LogP contribution in [-0.2, 0) is 0 Å². The standard InChI is InChI=1S/C8H17NO/c1-7-4-3-5-8(10,6-7)9-2/h7,9-10H,3-6H2,1-2H3/t7-,8-/m1/s1. The summed E-state index contributed by atoms with van der Waals surface area (Å²) >= 11 is 0. The molecule has 0 aromatic rings. The molecule has 0 spiro atoms. The Hall–Kier alpha value is -0.0800. The number of hydrogen-bond donors (Lipinski definition) is 2. The van der Waals surface area contributed by atoms with E-state index in [-0.39, 0.29) is 0 Å². The highest BCUT2D eigenvalue weighted by Gasteiger charge is 2.30. The zero-order valence-electron chi connectivity index (χ0n) is 6.85. The maximum Gasteiger partial charge on any atom is 0.116 e. The molecule has 0 bridgehead atoms. The van der Waals surface area contributed by atoms with Crippen molar-refractivity contribution < 1.29 is 5.11 Å². The second kappa shape index (κ2) is 2.89. The molecule has 0 aliphatic heterocycles. The van der Waals surface area contributed by atoms with Crippen LogP contribution in [0.25, 0.3) is 0 Å². The van der Waals surface area contributed by atoms with Crippen LogP contribution in [-0.4, -0.2) is 17.9 Å². The van der Waals surface area contributed by atoms with Crippen molar-refractivity contribution in [2.24, 2.45) is 5.92 Å². The first-order valence-electron chi connectivity index (χ1n) is 4.07. The first kappa shape index (κ1) is 8.02. The third-order valence-corrected chi connectivity index (χ3v) is 2.44. The first-order chi connectivity index (χ1) is 4.66. The molecule has 10 heavy (non-hydrogen) atoms. The number of rotatable bonds is 1. The van der Waals surface area contributed by atoms with Crippen LogP contribution in [0.5, 0.6) is 0 Å². The predicted octanol–water partition coefficient (Wildman–Crippen LogP) is 1.10. The molecule has 2 nitrogen and oxygen atoms in total. The molecule has 0 heterocycles. The Bertz CT molecular complexity index is 116. The molecular formula is C8H17NO. The lowest BCUT2D eigenvalue weighted by molar-refractivity contribution is -0.0365. The van der Waals surface area contributed by atoms with Gasteiger partial charge in [0, 0.05) is 0 Å². The maximum absolute atomic E-state index is 9.74. The minimum absolute atomic E-state index is 0.558. The van der Waals surface area contributed by atoms with Gasteiger partial charge >= 0.3 is 0 Å². The molecular weight excluding hydrogens is 126 g/mol. The summed E-state index contributed by atoms with van der Waals surface area (Å²) in [6, 6.07) is 0. The number of aliphatic hydroxyl groups is 1. The lowest BCUT2D eigenvalue weighted by Gasteiger charge is -2.35. The van der Waals surface area contributed by atoms with Crippen LogP contribution >= 0.6 is 0 Å². The fourth-order valence-electron chi connectivity index (χ4n) is 1.75. The summed E-state index contributed by atoms with van der Waals surface area (Å²) < 4.78 is 0. The molecule has 60 valence electrons. The molecule has 0 aromatic heterocycles. The summed E-state index contributed by atoms with van der Waals surface area (Å²) in [6.07, 6.45) is 4.24. The molecule has 1 aliphatic rings. The Balaban J connectivity index is 2.45. The van der Waals surface area contributed by atoms with Crippen LogP contribution in [0.2, 0.25) is 0 Å². The Morgan fingerprint density at radius 3 is 2.70 bits per heavy atom. The summed E-state index contributed by atoms with van der Waals surface area (Å²) in [5.74, 6) is 0.672. The van der Waals surface area contributed by atoms with Gasteiger partial charge in [0.15, 0.2) is 0 Å². The van der Waals surface area contributed by atoms with E-state index in [0.29, 0.717) is 5.92 Å². The second-order valence-corrected chi connectivity index (χ2v) is 3.48. The summed E-state index contributed by atoms with van der Waals surface area (Å²) in [7, 11) is 1.83. The van der Waals surface area contributed by atoms with Crippen LogP contribution in [0.1, 0.15) is 32.6 Å². The topological polar surface area (TPSA) is 32.3 Å². The summed E-state index contributed by atoms with van der Waals surface area (Å²) in [4.78, 5) is 0.